The molecule has 162 valence electrons. The highest BCUT2D eigenvalue weighted by Crippen LogP contribution is 2.27. The first-order chi connectivity index (χ1) is 14.7. The summed E-state index contributed by atoms with van der Waals surface area (Å²) in [6, 6.07) is 21.9. The number of rotatable bonds is 7. The number of amides is 1. The van der Waals surface area contributed by atoms with Gasteiger partial charge in [0.15, 0.2) is 0 Å². The number of carbonyl (C=O) groups excluding carboxylic acids is 1. The second-order valence-electron chi connectivity index (χ2n) is 7.47. The Balaban J connectivity index is 1.92. The fourth-order valence-electron chi connectivity index (χ4n) is 3.37. The van der Waals surface area contributed by atoms with E-state index in [1.807, 2.05) is 68.4 Å². The van der Waals surface area contributed by atoms with E-state index in [1.165, 1.54) is 0 Å². The van der Waals surface area contributed by atoms with Crippen molar-refractivity contribution in [3.8, 4) is 0 Å². The van der Waals surface area contributed by atoms with Crippen molar-refractivity contribution >= 4 is 33.2 Å². The van der Waals surface area contributed by atoms with Gasteiger partial charge in [0, 0.05) is 5.02 Å². The number of aryl methyl sites for hydroxylation is 2. The molecule has 31 heavy (non-hydrogen) atoms. The van der Waals surface area contributed by atoms with Gasteiger partial charge in [-0.25, -0.2) is 8.42 Å². The van der Waals surface area contributed by atoms with Gasteiger partial charge in [0.25, 0.3) is 0 Å². The van der Waals surface area contributed by atoms with E-state index in [9.17, 15) is 13.2 Å². The number of nitrogens with zero attached hydrogens (tertiary/aromatic N) is 1. The third-order valence-corrected chi connectivity index (χ3v) is 6.62. The van der Waals surface area contributed by atoms with Crippen LogP contribution >= 0.6 is 11.6 Å². The topological polar surface area (TPSA) is 66.5 Å². The van der Waals surface area contributed by atoms with Gasteiger partial charge in [-0.1, -0.05) is 72.3 Å². The van der Waals surface area contributed by atoms with Crippen molar-refractivity contribution in [3.05, 3.63) is 100 Å². The summed E-state index contributed by atoms with van der Waals surface area (Å²) in [5.74, 6) is -0.417. The lowest BCUT2D eigenvalue weighted by Crippen LogP contribution is -2.42. The maximum absolute atomic E-state index is 13.0. The third kappa shape index (κ3) is 5.66. The first-order valence-electron chi connectivity index (χ1n) is 9.80. The summed E-state index contributed by atoms with van der Waals surface area (Å²) in [6.07, 6.45) is 1.07. The van der Waals surface area contributed by atoms with Crippen LogP contribution in [0, 0.1) is 13.8 Å². The van der Waals surface area contributed by atoms with Crippen LogP contribution in [0.25, 0.3) is 0 Å². The molecule has 1 amide bonds. The quantitative estimate of drug-likeness (QED) is 0.563. The summed E-state index contributed by atoms with van der Waals surface area (Å²) in [6.45, 7) is 3.46. The molecular formula is C24H25ClN2O3S. The molecule has 0 aliphatic carbocycles. The Hall–Kier alpha value is -2.83. The second-order valence-corrected chi connectivity index (χ2v) is 9.78. The van der Waals surface area contributed by atoms with Gasteiger partial charge in [-0.05, 0) is 48.2 Å². The van der Waals surface area contributed by atoms with Crippen molar-refractivity contribution in [1.29, 1.82) is 0 Å². The Bertz CT molecular complexity index is 1180. The molecule has 5 nitrogen and oxygen atoms in total. The van der Waals surface area contributed by atoms with Crippen molar-refractivity contribution in [1.82, 2.24) is 5.32 Å². The SMILES string of the molecule is Cc1ccc(N(CC(=O)NC(c2ccccc2)c2ccccc2C)S(C)(=O)=O)cc1Cl. The molecule has 0 saturated carbocycles. The summed E-state index contributed by atoms with van der Waals surface area (Å²) in [4.78, 5) is 13.0. The lowest BCUT2D eigenvalue weighted by molar-refractivity contribution is -0.120. The number of anilines is 1. The molecule has 0 spiro atoms. The maximum atomic E-state index is 13.0. The number of halogens is 1. The maximum Gasteiger partial charge on any atom is 0.241 e. The Morgan fingerprint density at radius 1 is 0.968 bits per heavy atom. The van der Waals surface area contributed by atoms with Crippen molar-refractivity contribution in [2.45, 2.75) is 19.9 Å². The molecule has 0 radical (unpaired) electrons. The number of carbonyl (C=O) groups is 1. The highest BCUT2D eigenvalue weighted by atomic mass is 35.5. The molecule has 0 fully saturated rings. The fraction of sp³-hybridized carbons (Fsp3) is 0.208. The second kappa shape index (κ2) is 9.54. The van der Waals surface area contributed by atoms with E-state index in [0.29, 0.717) is 10.7 Å². The molecule has 0 bridgehead atoms. The van der Waals surface area contributed by atoms with Gasteiger partial charge in [-0.3, -0.25) is 9.10 Å². The normalized spacial score (nSPS) is 12.3. The number of nitrogens with one attached hydrogen (secondary N) is 1. The molecular weight excluding hydrogens is 432 g/mol. The van der Waals surface area contributed by atoms with Gasteiger partial charge >= 0.3 is 0 Å². The Kier molecular flexibility index (Phi) is 7.03. The van der Waals surface area contributed by atoms with Crippen LogP contribution in [0.5, 0.6) is 0 Å². The molecule has 0 heterocycles. The average molecular weight is 457 g/mol. The van der Waals surface area contributed by atoms with Gasteiger partial charge in [0.05, 0.1) is 18.0 Å². The van der Waals surface area contributed by atoms with Gasteiger partial charge in [0.2, 0.25) is 15.9 Å². The summed E-state index contributed by atoms with van der Waals surface area (Å²) in [5, 5.41) is 3.45. The third-order valence-electron chi connectivity index (χ3n) is 5.07. The smallest absolute Gasteiger partial charge is 0.241 e. The molecule has 7 heteroatoms. The minimum absolute atomic E-state index is 0.348. The molecule has 1 unspecified atom stereocenters. The van der Waals surface area contributed by atoms with Crippen LogP contribution in [0.1, 0.15) is 28.3 Å². The molecule has 0 aliphatic rings. The molecule has 1 N–H and O–H groups in total. The summed E-state index contributed by atoms with van der Waals surface area (Å²) >= 11 is 6.18. The number of hydrogen-bond acceptors (Lipinski definition) is 3. The minimum Gasteiger partial charge on any atom is -0.344 e. The van der Waals surface area contributed by atoms with Gasteiger partial charge < -0.3 is 5.32 Å². The van der Waals surface area contributed by atoms with Crippen LogP contribution in [0.2, 0.25) is 5.02 Å². The first kappa shape index (κ1) is 22.8. The summed E-state index contributed by atoms with van der Waals surface area (Å²) in [7, 11) is -3.70. The zero-order valence-electron chi connectivity index (χ0n) is 17.7. The van der Waals surface area contributed by atoms with Gasteiger partial charge in [0.1, 0.15) is 6.54 Å². The monoisotopic (exact) mass is 456 g/mol. The van der Waals surface area contributed by atoms with Crippen LogP contribution in [0.4, 0.5) is 5.69 Å². The van der Waals surface area contributed by atoms with E-state index < -0.39 is 22.0 Å². The molecule has 1 atom stereocenters. The Morgan fingerprint density at radius 3 is 2.23 bits per heavy atom. The summed E-state index contributed by atoms with van der Waals surface area (Å²) in [5.41, 5.74) is 4.06. The average Bonchev–Trinajstić information content (AvgIpc) is 2.73. The van der Waals surface area contributed by atoms with E-state index in [-0.39, 0.29) is 6.54 Å². The van der Waals surface area contributed by atoms with Crippen LogP contribution in [0.3, 0.4) is 0 Å². The van der Waals surface area contributed by atoms with E-state index in [4.69, 9.17) is 11.6 Å². The number of benzene rings is 3. The highest BCUT2D eigenvalue weighted by molar-refractivity contribution is 7.92. The van der Waals surface area contributed by atoms with E-state index in [1.54, 1.807) is 18.2 Å². The molecule has 0 aliphatic heterocycles. The molecule has 3 aromatic rings. The van der Waals surface area contributed by atoms with Crippen molar-refractivity contribution in [3.63, 3.8) is 0 Å². The largest absolute Gasteiger partial charge is 0.344 e. The van der Waals surface area contributed by atoms with Crippen molar-refractivity contribution < 1.29 is 13.2 Å². The van der Waals surface area contributed by atoms with Gasteiger partial charge in [-0.2, -0.15) is 0 Å². The van der Waals surface area contributed by atoms with Crippen LogP contribution in [-0.4, -0.2) is 27.1 Å². The lowest BCUT2D eigenvalue weighted by Gasteiger charge is -2.26. The van der Waals surface area contributed by atoms with Crippen LogP contribution in [0.15, 0.2) is 72.8 Å². The zero-order chi connectivity index (χ0) is 22.6. The van der Waals surface area contributed by atoms with Crippen molar-refractivity contribution in [2.24, 2.45) is 0 Å². The van der Waals surface area contributed by atoms with E-state index in [2.05, 4.69) is 5.32 Å². The van der Waals surface area contributed by atoms with E-state index >= 15 is 0 Å². The lowest BCUT2D eigenvalue weighted by atomic mass is 9.95. The summed E-state index contributed by atoms with van der Waals surface area (Å²) < 4.78 is 26.0. The number of hydrogen-bond donors (Lipinski definition) is 1. The van der Waals surface area contributed by atoms with Gasteiger partial charge in [-0.15, -0.1) is 0 Å². The first-order valence-corrected chi connectivity index (χ1v) is 12.0. The predicted molar refractivity (Wildman–Crippen MR) is 126 cm³/mol. The van der Waals surface area contributed by atoms with E-state index in [0.717, 1.165) is 32.8 Å². The van der Waals surface area contributed by atoms with Crippen LogP contribution in [-0.2, 0) is 14.8 Å². The highest BCUT2D eigenvalue weighted by Gasteiger charge is 2.24. The predicted octanol–water partition coefficient (Wildman–Crippen LogP) is 4.63. The Morgan fingerprint density at radius 2 is 1.61 bits per heavy atom. The number of sulfonamides is 1. The zero-order valence-corrected chi connectivity index (χ0v) is 19.2. The standard InChI is InChI=1S/C24H25ClN2O3S/c1-17-9-7-8-12-21(17)24(19-10-5-4-6-11-19)26-23(28)16-27(31(3,29)30)20-14-13-18(2)22(25)15-20/h4-15,24H,16H2,1-3H3,(H,26,28). The fourth-order valence-corrected chi connectivity index (χ4v) is 4.39. The molecule has 3 rings (SSSR count). The molecule has 0 aromatic heterocycles. The Labute approximate surface area is 188 Å². The minimum atomic E-state index is -3.70. The molecule has 0 saturated heterocycles. The van der Waals surface area contributed by atoms with Crippen molar-refractivity contribution in [2.75, 3.05) is 17.1 Å². The van der Waals surface area contributed by atoms with Crippen LogP contribution < -0.4 is 9.62 Å². The molecule has 3 aromatic carbocycles.